The van der Waals surface area contributed by atoms with Crippen molar-refractivity contribution in [1.82, 2.24) is 0 Å². The molecule has 0 atom stereocenters. The second-order valence-corrected chi connectivity index (χ2v) is 6.02. The molecule has 0 radical (unpaired) electrons. The summed E-state index contributed by atoms with van der Waals surface area (Å²) in [7, 11) is -0.593. The molecule has 0 aromatic heterocycles. The zero-order valence-corrected chi connectivity index (χ0v) is 14.4. The second-order valence-electron chi connectivity index (χ2n) is 6.02. The molecule has 0 unspecified atom stereocenters. The lowest BCUT2D eigenvalue weighted by atomic mass is 9.78. The monoisotopic (exact) mass is 360 g/mol. The first-order chi connectivity index (χ1) is 12.0. The summed E-state index contributed by atoms with van der Waals surface area (Å²) < 4.78 is 57.2. The minimum absolute atomic E-state index is 0.102. The first kappa shape index (κ1) is 20.1. The van der Waals surface area contributed by atoms with Crippen LogP contribution in [0.5, 0.6) is 5.75 Å². The Bertz CT molecular complexity index is 488. The molecule has 1 saturated heterocycles. The van der Waals surface area contributed by atoms with Crippen LogP contribution in [0, 0.1) is 0 Å². The fourth-order valence-electron chi connectivity index (χ4n) is 2.56. The van der Waals surface area contributed by atoms with Crippen molar-refractivity contribution in [2.24, 2.45) is 0 Å². The summed E-state index contributed by atoms with van der Waals surface area (Å²) in [5.41, 5.74) is 0.646. The molecule has 2 rings (SSSR count). The van der Waals surface area contributed by atoms with Crippen molar-refractivity contribution < 1.29 is 32.0 Å². The number of ether oxygens (including phenoxy) is 2. The maximum absolute atomic E-state index is 12.1. The summed E-state index contributed by atoms with van der Waals surface area (Å²) in [6, 6.07) is 5.49. The van der Waals surface area contributed by atoms with Gasteiger partial charge in [-0.15, -0.1) is 13.2 Å². The van der Waals surface area contributed by atoms with Crippen LogP contribution in [0.15, 0.2) is 24.3 Å². The van der Waals surface area contributed by atoms with Crippen molar-refractivity contribution in [3.63, 3.8) is 0 Å². The number of hydrogen-bond acceptors (Lipinski definition) is 4. The molecule has 0 spiro atoms. The van der Waals surface area contributed by atoms with Crippen LogP contribution in [0.4, 0.5) is 13.2 Å². The third-order valence-electron chi connectivity index (χ3n) is 3.85. The Labute approximate surface area is 146 Å². The average Bonchev–Trinajstić information content (AvgIpc) is 2.58. The van der Waals surface area contributed by atoms with Gasteiger partial charge in [-0.2, -0.15) is 0 Å². The van der Waals surface area contributed by atoms with Gasteiger partial charge in [0.05, 0.1) is 13.2 Å². The Morgan fingerprint density at radius 1 is 1.04 bits per heavy atom. The summed E-state index contributed by atoms with van der Waals surface area (Å²) in [6.07, 6.45) is 1.10. The number of alkyl halides is 3. The van der Waals surface area contributed by atoms with Crippen molar-refractivity contribution in [2.45, 2.75) is 51.5 Å². The summed E-state index contributed by atoms with van der Waals surface area (Å²) >= 11 is 0. The van der Waals surface area contributed by atoms with Crippen LogP contribution in [0.25, 0.3) is 0 Å². The predicted molar refractivity (Wildman–Crippen MR) is 88.9 cm³/mol. The lowest BCUT2D eigenvalue weighted by Gasteiger charge is -2.27. The van der Waals surface area contributed by atoms with Gasteiger partial charge in [0.1, 0.15) is 11.9 Å². The molecule has 140 valence electrons. The van der Waals surface area contributed by atoms with Crippen LogP contribution >= 0.6 is 0 Å². The van der Waals surface area contributed by atoms with Gasteiger partial charge in [0, 0.05) is 6.61 Å². The van der Waals surface area contributed by atoms with Crippen LogP contribution in [0.2, 0.25) is 0 Å². The molecule has 1 fully saturated rings. The molecule has 0 amide bonds. The van der Waals surface area contributed by atoms with Crippen LogP contribution in [-0.2, 0) is 14.0 Å². The third-order valence-corrected chi connectivity index (χ3v) is 3.85. The van der Waals surface area contributed by atoms with Gasteiger partial charge in [-0.05, 0) is 24.0 Å². The SMILES string of the molecule is CCCCCCCOC1COB(c2ccc(OC(F)(F)F)cc2)OC1. The average molecular weight is 360 g/mol. The predicted octanol–water partition coefficient (Wildman–Crippen LogP) is 3.68. The number of halogens is 3. The zero-order chi connectivity index (χ0) is 18.1. The molecular weight excluding hydrogens is 336 g/mol. The van der Waals surface area contributed by atoms with Crippen molar-refractivity contribution in [2.75, 3.05) is 19.8 Å². The van der Waals surface area contributed by atoms with Crippen LogP contribution in [-0.4, -0.2) is 39.4 Å². The van der Waals surface area contributed by atoms with E-state index < -0.39 is 13.5 Å². The van der Waals surface area contributed by atoms with E-state index in [4.69, 9.17) is 14.0 Å². The van der Waals surface area contributed by atoms with Crippen LogP contribution < -0.4 is 10.2 Å². The van der Waals surface area contributed by atoms with Gasteiger partial charge in [0.25, 0.3) is 0 Å². The van der Waals surface area contributed by atoms with E-state index in [0.29, 0.717) is 25.3 Å². The number of benzene rings is 1. The van der Waals surface area contributed by atoms with Gasteiger partial charge in [-0.25, -0.2) is 0 Å². The Morgan fingerprint density at radius 3 is 2.28 bits per heavy atom. The molecule has 0 bridgehead atoms. The van der Waals surface area contributed by atoms with Crippen molar-refractivity contribution in [3.05, 3.63) is 24.3 Å². The quantitative estimate of drug-likeness (QED) is 0.497. The molecule has 1 aromatic rings. The molecule has 1 aliphatic rings. The maximum Gasteiger partial charge on any atom is 0.573 e. The molecule has 0 aliphatic carbocycles. The topological polar surface area (TPSA) is 36.9 Å². The normalized spacial score (nSPS) is 16.2. The van der Waals surface area contributed by atoms with E-state index in [1.165, 1.54) is 43.5 Å². The lowest BCUT2D eigenvalue weighted by molar-refractivity contribution is -0.274. The van der Waals surface area contributed by atoms with E-state index >= 15 is 0 Å². The van der Waals surface area contributed by atoms with Gasteiger partial charge < -0.3 is 18.8 Å². The highest BCUT2D eigenvalue weighted by molar-refractivity contribution is 6.61. The standard InChI is InChI=1S/C17H24BF3O4/c1-2-3-4-5-6-11-22-16-12-23-18(24-13-16)14-7-9-15(10-8-14)25-17(19,20)21/h7-10,16H,2-6,11-13H2,1H3. The Morgan fingerprint density at radius 2 is 1.68 bits per heavy atom. The second kappa shape index (κ2) is 10.0. The van der Waals surface area contributed by atoms with Crippen LogP contribution in [0.1, 0.15) is 39.0 Å². The highest BCUT2D eigenvalue weighted by Gasteiger charge is 2.32. The Hall–Kier alpha value is -1.25. The first-order valence-corrected chi connectivity index (χ1v) is 8.68. The van der Waals surface area contributed by atoms with Gasteiger partial charge in [-0.1, -0.05) is 44.7 Å². The maximum atomic E-state index is 12.1. The summed E-state index contributed by atoms with van der Waals surface area (Å²) in [5.74, 6) is -0.267. The fourth-order valence-corrected chi connectivity index (χ4v) is 2.56. The van der Waals surface area contributed by atoms with Gasteiger partial charge in [-0.3, -0.25) is 0 Å². The number of hydrogen-bond donors (Lipinski definition) is 0. The van der Waals surface area contributed by atoms with Crippen LogP contribution in [0.3, 0.4) is 0 Å². The lowest BCUT2D eigenvalue weighted by Crippen LogP contribution is -2.47. The van der Waals surface area contributed by atoms with E-state index in [1.54, 1.807) is 0 Å². The highest BCUT2D eigenvalue weighted by atomic mass is 19.4. The summed E-state index contributed by atoms with van der Waals surface area (Å²) in [4.78, 5) is 0. The minimum Gasteiger partial charge on any atom is -0.406 e. The molecule has 0 saturated carbocycles. The zero-order valence-electron chi connectivity index (χ0n) is 14.4. The number of unbranched alkanes of at least 4 members (excludes halogenated alkanes) is 4. The first-order valence-electron chi connectivity index (χ1n) is 8.68. The highest BCUT2D eigenvalue weighted by Crippen LogP contribution is 2.21. The smallest absolute Gasteiger partial charge is 0.406 e. The van der Waals surface area contributed by atoms with Gasteiger partial charge in [0.15, 0.2) is 0 Å². The van der Waals surface area contributed by atoms with Crippen molar-refractivity contribution in [1.29, 1.82) is 0 Å². The van der Waals surface area contributed by atoms with Gasteiger partial charge >= 0.3 is 13.5 Å². The Balaban J connectivity index is 1.67. The van der Waals surface area contributed by atoms with Gasteiger partial charge in [0.2, 0.25) is 0 Å². The molecule has 0 N–H and O–H groups in total. The third kappa shape index (κ3) is 7.67. The van der Waals surface area contributed by atoms with E-state index in [2.05, 4.69) is 11.7 Å². The van der Waals surface area contributed by atoms with Crippen molar-refractivity contribution in [3.8, 4) is 5.75 Å². The van der Waals surface area contributed by atoms with E-state index in [1.807, 2.05) is 0 Å². The summed E-state index contributed by atoms with van der Waals surface area (Å²) in [6.45, 7) is 3.68. The molecular formula is C17H24BF3O4. The summed E-state index contributed by atoms with van der Waals surface area (Å²) in [5, 5.41) is 0. The Kier molecular flexibility index (Phi) is 8.06. The molecule has 1 aliphatic heterocycles. The van der Waals surface area contributed by atoms with Crippen molar-refractivity contribution >= 4 is 12.6 Å². The molecule has 4 nitrogen and oxygen atoms in total. The minimum atomic E-state index is -4.69. The number of rotatable bonds is 9. The van der Waals surface area contributed by atoms with E-state index in [9.17, 15) is 13.2 Å². The molecule has 25 heavy (non-hydrogen) atoms. The van der Waals surface area contributed by atoms with E-state index in [0.717, 1.165) is 12.8 Å². The molecule has 8 heteroatoms. The molecule has 1 aromatic carbocycles. The largest absolute Gasteiger partial charge is 0.573 e. The molecule has 1 heterocycles. The van der Waals surface area contributed by atoms with E-state index in [-0.39, 0.29) is 11.9 Å². The fraction of sp³-hybridized carbons (Fsp3) is 0.647.